The molecule has 8 heteroatoms. The Bertz CT molecular complexity index is 509. The van der Waals surface area contributed by atoms with Crippen LogP contribution in [0.3, 0.4) is 0 Å². The second kappa shape index (κ2) is 8.15. The van der Waals surface area contributed by atoms with Crippen LogP contribution in [0.2, 0.25) is 0 Å². The zero-order valence-corrected chi connectivity index (χ0v) is 11.4. The van der Waals surface area contributed by atoms with Gasteiger partial charge in [0.15, 0.2) is 0 Å². The van der Waals surface area contributed by atoms with Gasteiger partial charge in [-0.25, -0.2) is 18.4 Å². The lowest BCUT2D eigenvalue weighted by atomic mass is 10.1. The number of halogens is 2. The van der Waals surface area contributed by atoms with E-state index < -0.39 is 25.0 Å². The van der Waals surface area contributed by atoms with Crippen molar-refractivity contribution in [3.05, 3.63) is 29.3 Å². The van der Waals surface area contributed by atoms with Crippen LogP contribution in [0, 0.1) is 6.92 Å². The Morgan fingerprint density at radius 3 is 2.71 bits per heavy atom. The highest BCUT2D eigenvalue weighted by Crippen LogP contribution is 2.19. The fourth-order valence-corrected chi connectivity index (χ4v) is 1.63. The van der Waals surface area contributed by atoms with Gasteiger partial charge in [0.25, 0.3) is 6.43 Å². The Balaban J connectivity index is 2.48. The summed E-state index contributed by atoms with van der Waals surface area (Å²) >= 11 is 0. The lowest BCUT2D eigenvalue weighted by Gasteiger charge is -2.11. The maximum atomic E-state index is 11.8. The fourth-order valence-electron chi connectivity index (χ4n) is 1.63. The molecule has 0 aliphatic rings. The SMILES string of the molecule is Cc1cccc(NC(=O)NCCOCC(F)F)c1C(=O)O. The molecule has 0 aliphatic heterocycles. The van der Waals surface area contributed by atoms with Gasteiger partial charge in [0.1, 0.15) is 6.61 Å². The maximum Gasteiger partial charge on any atom is 0.338 e. The summed E-state index contributed by atoms with van der Waals surface area (Å²) in [5.74, 6) is -1.15. The summed E-state index contributed by atoms with van der Waals surface area (Å²) in [5, 5.41) is 13.9. The van der Waals surface area contributed by atoms with Gasteiger partial charge in [-0.2, -0.15) is 0 Å². The van der Waals surface area contributed by atoms with E-state index in [1.165, 1.54) is 6.07 Å². The minimum atomic E-state index is -2.55. The summed E-state index contributed by atoms with van der Waals surface area (Å²) in [4.78, 5) is 22.7. The molecule has 0 aromatic heterocycles. The van der Waals surface area contributed by atoms with E-state index in [-0.39, 0.29) is 24.4 Å². The van der Waals surface area contributed by atoms with Gasteiger partial charge in [0, 0.05) is 6.54 Å². The summed E-state index contributed by atoms with van der Waals surface area (Å²) in [7, 11) is 0. The van der Waals surface area contributed by atoms with Crippen LogP contribution in [0.4, 0.5) is 19.3 Å². The van der Waals surface area contributed by atoms with Crippen LogP contribution < -0.4 is 10.6 Å². The molecule has 0 atom stereocenters. The van der Waals surface area contributed by atoms with Crippen molar-refractivity contribution in [2.24, 2.45) is 0 Å². The molecule has 0 spiro atoms. The molecule has 6 nitrogen and oxygen atoms in total. The van der Waals surface area contributed by atoms with E-state index in [1.807, 2.05) is 0 Å². The van der Waals surface area contributed by atoms with Gasteiger partial charge in [0.05, 0.1) is 17.9 Å². The van der Waals surface area contributed by atoms with E-state index in [2.05, 4.69) is 15.4 Å². The highest BCUT2D eigenvalue weighted by molar-refractivity contribution is 6.01. The van der Waals surface area contributed by atoms with E-state index in [1.54, 1.807) is 19.1 Å². The monoisotopic (exact) mass is 302 g/mol. The Kier molecular flexibility index (Phi) is 6.54. The zero-order chi connectivity index (χ0) is 15.8. The van der Waals surface area contributed by atoms with Gasteiger partial charge < -0.3 is 20.5 Å². The number of alkyl halides is 2. The Morgan fingerprint density at radius 2 is 2.10 bits per heavy atom. The number of hydrogen-bond acceptors (Lipinski definition) is 3. The minimum absolute atomic E-state index is 0.00148. The highest BCUT2D eigenvalue weighted by Gasteiger charge is 2.14. The molecule has 0 radical (unpaired) electrons. The molecule has 0 fully saturated rings. The average Bonchev–Trinajstić information content (AvgIpc) is 2.37. The van der Waals surface area contributed by atoms with Crippen molar-refractivity contribution in [1.82, 2.24) is 5.32 Å². The number of hydrogen-bond donors (Lipinski definition) is 3. The van der Waals surface area contributed by atoms with E-state index in [0.29, 0.717) is 5.56 Å². The summed E-state index contributed by atoms with van der Waals surface area (Å²) in [6, 6.07) is 4.06. The molecule has 0 saturated heterocycles. The van der Waals surface area contributed by atoms with E-state index >= 15 is 0 Å². The van der Waals surface area contributed by atoms with Crippen LogP contribution in [0.1, 0.15) is 15.9 Å². The molecular formula is C13H16F2N2O4. The first kappa shape index (κ1) is 16.8. The van der Waals surface area contributed by atoms with Crippen molar-refractivity contribution in [3.63, 3.8) is 0 Å². The number of carboxylic acids is 1. The number of aryl methyl sites for hydroxylation is 1. The number of carbonyl (C=O) groups is 2. The molecule has 0 unspecified atom stereocenters. The molecule has 0 aliphatic carbocycles. The Labute approximate surface area is 120 Å². The number of benzene rings is 1. The molecule has 1 aromatic rings. The van der Waals surface area contributed by atoms with Crippen molar-refractivity contribution in [2.45, 2.75) is 13.3 Å². The molecular weight excluding hydrogens is 286 g/mol. The van der Waals surface area contributed by atoms with Crippen molar-refractivity contribution in [3.8, 4) is 0 Å². The van der Waals surface area contributed by atoms with Crippen LogP contribution in [-0.4, -0.2) is 43.3 Å². The topological polar surface area (TPSA) is 87.7 Å². The first-order valence-electron chi connectivity index (χ1n) is 6.15. The van der Waals surface area contributed by atoms with Crippen molar-refractivity contribution >= 4 is 17.7 Å². The molecule has 21 heavy (non-hydrogen) atoms. The van der Waals surface area contributed by atoms with Crippen LogP contribution in [0.5, 0.6) is 0 Å². The summed E-state index contributed by atoms with van der Waals surface area (Å²) < 4.78 is 28.2. The molecule has 1 aromatic carbocycles. The smallest absolute Gasteiger partial charge is 0.338 e. The molecule has 1 rings (SSSR count). The average molecular weight is 302 g/mol. The first-order valence-corrected chi connectivity index (χ1v) is 6.15. The normalized spacial score (nSPS) is 10.5. The Hall–Kier alpha value is -2.22. The van der Waals surface area contributed by atoms with Gasteiger partial charge in [-0.15, -0.1) is 0 Å². The van der Waals surface area contributed by atoms with E-state index in [0.717, 1.165) is 0 Å². The van der Waals surface area contributed by atoms with Crippen molar-refractivity contribution in [2.75, 3.05) is 25.1 Å². The number of ether oxygens (including phenoxy) is 1. The van der Waals surface area contributed by atoms with Gasteiger partial charge in [-0.05, 0) is 18.6 Å². The number of anilines is 1. The number of nitrogens with one attached hydrogen (secondary N) is 2. The third-order valence-electron chi connectivity index (χ3n) is 2.51. The lowest BCUT2D eigenvalue weighted by Crippen LogP contribution is -2.32. The van der Waals surface area contributed by atoms with Gasteiger partial charge in [0.2, 0.25) is 0 Å². The zero-order valence-electron chi connectivity index (χ0n) is 11.4. The van der Waals surface area contributed by atoms with E-state index in [4.69, 9.17) is 5.11 Å². The lowest BCUT2D eigenvalue weighted by molar-refractivity contribution is 0.0194. The number of carboxylic acid groups (broad SMARTS) is 1. The number of aromatic carboxylic acids is 1. The molecule has 0 saturated carbocycles. The number of urea groups is 1. The minimum Gasteiger partial charge on any atom is -0.478 e. The first-order chi connectivity index (χ1) is 9.91. The molecule has 2 amide bonds. The van der Waals surface area contributed by atoms with Crippen LogP contribution >= 0.6 is 0 Å². The Morgan fingerprint density at radius 1 is 1.38 bits per heavy atom. The number of carbonyl (C=O) groups excluding carboxylic acids is 1. The van der Waals surface area contributed by atoms with Gasteiger partial charge in [-0.1, -0.05) is 12.1 Å². The fraction of sp³-hybridized carbons (Fsp3) is 0.385. The second-order valence-electron chi connectivity index (χ2n) is 4.15. The third-order valence-corrected chi connectivity index (χ3v) is 2.51. The largest absolute Gasteiger partial charge is 0.478 e. The van der Waals surface area contributed by atoms with Crippen LogP contribution in [0.15, 0.2) is 18.2 Å². The predicted molar refractivity (Wildman–Crippen MR) is 72.0 cm³/mol. The molecule has 0 heterocycles. The highest BCUT2D eigenvalue weighted by atomic mass is 19.3. The number of rotatable bonds is 7. The predicted octanol–water partition coefficient (Wildman–Crippen LogP) is 2.10. The summed E-state index contributed by atoms with van der Waals surface area (Å²) in [5.41, 5.74) is 0.677. The van der Waals surface area contributed by atoms with Crippen LogP contribution in [0.25, 0.3) is 0 Å². The summed E-state index contributed by atoms with van der Waals surface area (Å²) in [6.45, 7) is 0.902. The van der Waals surface area contributed by atoms with Gasteiger partial charge >= 0.3 is 12.0 Å². The molecule has 116 valence electrons. The van der Waals surface area contributed by atoms with E-state index in [9.17, 15) is 18.4 Å². The summed E-state index contributed by atoms with van der Waals surface area (Å²) in [6.07, 6.45) is -2.55. The van der Waals surface area contributed by atoms with Crippen molar-refractivity contribution in [1.29, 1.82) is 0 Å². The quantitative estimate of drug-likeness (QED) is 0.673. The van der Waals surface area contributed by atoms with Crippen LogP contribution in [-0.2, 0) is 4.74 Å². The standard InChI is InChI=1S/C13H16F2N2O4/c1-8-3-2-4-9(11(8)12(18)19)17-13(20)16-5-6-21-7-10(14)15/h2-4,10H,5-7H2,1H3,(H,18,19)(H2,16,17,20). The second-order valence-corrected chi connectivity index (χ2v) is 4.15. The van der Waals surface area contributed by atoms with Gasteiger partial charge in [-0.3, -0.25) is 0 Å². The number of amides is 2. The van der Waals surface area contributed by atoms with Crippen molar-refractivity contribution < 1.29 is 28.2 Å². The molecule has 0 bridgehead atoms. The molecule has 3 N–H and O–H groups in total. The maximum absolute atomic E-state index is 11.8. The third kappa shape index (κ3) is 5.74.